The standard InChI is InChI=1S/C17H29NO2S/c1-6-10-18-17(16-9-7-8-14(4)11-16)12-21(19,20)15(5)13(2)3/h7-9,11,13,15,17-18H,6,10,12H2,1-5H3. The van der Waals surface area contributed by atoms with Crippen LogP contribution in [0.1, 0.15) is 51.3 Å². The van der Waals surface area contributed by atoms with E-state index in [2.05, 4.69) is 18.3 Å². The molecular formula is C17H29NO2S. The molecule has 0 aromatic heterocycles. The Morgan fingerprint density at radius 1 is 1.19 bits per heavy atom. The van der Waals surface area contributed by atoms with Crippen molar-refractivity contribution < 1.29 is 8.42 Å². The second-order valence-corrected chi connectivity index (χ2v) is 8.60. The molecule has 0 saturated heterocycles. The van der Waals surface area contributed by atoms with E-state index < -0.39 is 9.84 Å². The van der Waals surface area contributed by atoms with Crippen molar-refractivity contribution in [1.29, 1.82) is 0 Å². The summed E-state index contributed by atoms with van der Waals surface area (Å²) in [4.78, 5) is 0. The van der Waals surface area contributed by atoms with Gasteiger partial charge in [0.15, 0.2) is 9.84 Å². The van der Waals surface area contributed by atoms with Crippen molar-refractivity contribution in [3.05, 3.63) is 35.4 Å². The van der Waals surface area contributed by atoms with Crippen LogP contribution in [0.2, 0.25) is 0 Å². The van der Waals surface area contributed by atoms with Crippen LogP contribution in [0.15, 0.2) is 24.3 Å². The van der Waals surface area contributed by atoms with E-state index in [0.717, 1.165) is 24.1 Å². The van der Waals surface area contributed by atoms with Crippen LogP contribution in [0.5, 0.6) is 0 Å². The molecule has 1 aromatic rings. The minimum Gasteiger partial charge on any atom is -0.309 e. The predicted molar refractivity (Wildman–Crippen MR) is 90.3 cm³/mol. The quantitative estimate of drug-likeness (QED) is 0.799. The normalized spacial score (nSPS) is 15.1. The van der Waals surface area contributed by atoms with Crippen LogP contribution in [0.25, 0.3) is 0 Å². The Morgan fingerprint density at radius 2 is 1.86 bits per heavy atom. The number of sulfone groups is 1. The summed E-state index contributed by atoms with van der Waals surface area (Å²) >= 11 is 0. The molecule has 4 heteroatoms. The third-order valence-corrected chi connectivity index (χ3v) is 6.46. The van der Waals surface area contributed by atoms with Crippen LogP contribution in [0.3, 0.4) is 0 Å². The van der Waals surface area contributed by atoms with E-state index in [1.54, 1.807) is 0 Å². The number of nitrogens with one attached hydrogen (secondary N) is 1. The second-order valence-electron chi connectivity index (χ2n) is 6.20. The lowest BCUT2D eigenvalue weighted by molar-refractivity contribution is 0.520. The van der Waals surface area contributed by atoms with E-state index in [4.69, 9.17) is 0 Å². The number of hydrogen-bond acceptors (Lipinski definition) is 3. The molecule has 0 heterocycles. The first-order valence-corrected chi connectivity index (χ1v) is 9.51. The fourth-order valence-corrected chi connectivity index (χ4v) is 4.19. The molecule has 0 spiro atoms. The number of benzene rings is 1. The minimum absolute atomic E-state index is 0.129. The van der Waals surface area contributed by atoms with E-state index in [0.29, 0.717) is 0 Å². The van der Waals surface area contributed by atoms with Gasteiger partial charge < -0.3 is 5.32 Å². The molecule has 0 radical (unpaired) electrons. The zero-order valence-corrected chi connectivity index (χ0v) is 14.7. The molecule has 0 fully saturated rings. The highest BCUT2D eigenvalue weighted by molar-refractivity contribution is 7.92. The summed E-state index contributed by atoms with van der Waals surface area (Å²) in [6, 6.07) is 7.98. The highest BCUT2D eigenvalue weighted by atomic mass is 32.2. The van der Waals surface area contributed by atoms with Gasteiger partial charge in [-0.25, -0.2) is 8.42 Å². The molecule has 2 unspecified atom stereocenters. The number of aryl methyl sites for hydroxylation is 1. The van der Waals surface area contributed by atoms with Crippen molar-refractivity contribution in [2.24, 2.45) is 5.92 Å². The van der Waals surface area contributed by atoms with Crippen LogP contribution in [-0.4, -0.2) is 26.0 Å². The Morgan fingerprint density at radius 3 is 2.38 bits per heavy atom. The lowest BCUT2D eigenvalue weighted by Crippen LogP contribution is -2.34. The number of rotatable bonds is 8. The number of hydrogen-bond donors (Lipinski definition) is 1. The Bertz CT molecular complexity index is 537. The molecule has 21 heavy (non-hydrogen) atoms. The summed E-state index contributed by atoms with van der Waals surface area (Å²) in [7, 11) is -3.11. The summed E-state index contributed by atoms with van der Waals surface area (Å²) in [6.45, 7) is 10.7. The van der Waals surface area contributed by atoms with E-state index in [9.17, 15) is 8.42 Å². The van der Waals surface area contributed by atoms with Crippen molar-refractivity contribution in [1.82, 2.24) is 5.32 Å². The largest absolute Gasteiger partial charge is 0.309 e. The lowest BCUT2D eigenvalue weighted by Gasteiger charge is -2.23. The first kappa shape index (κ1) is 18.2. The Labute approximate surface area is 130 Å². The van der Waals surface area contributed by atoms with Crippen LogP contribution in [-0.2, 0) is 9.84 Å². The molecule has 1 rings (SSSR count). The van der Waals surface area contributed by atoms with E-state index in [1.807, 2.05) is 45.9 Å². The molecular weight excluding hydrogens is 282 g/mol. The van der Waals surface area contributed by atoms with Crippen molar-refractivity contribution in [2.45, 2.75) is 52.3 Å². The maximum atomic E-state index is 12.6. The zero-order chi connectivity index (χ0) is 16.0. The van der Waals surface area contributed by atoms with Crippen molar-refractivity contribution >= 4 is 9.84 Å². The fourth-order valence-electron chi connectivity index (χ4n) is 2.28. The molecule has 0 saturated carbocycles. The summed E-state index contributed by atoms with van der Waals surface area (Å²) in [5.41, 5.74) is 2.22. The van der Waals surface area contributed by atoms with Gasteiger partial charge in [0.1, 0.15) is 0 Å². The van der Waals surface area contributed by atoms with Gasteiger partial charge in [-0.3, -0.25) is 0 Å². The van der Waals surface area contributed by atoms with Crippen LogP contribution >= 0.6 is 0 Å². The molecule has 120 valence electrons. The molecule has 2 atom stereocenters. The van der Waals surface area contributed by atoms with Gasteiger partial charge in [-0.1, -0.05) is 50.6 Å². The van der Waals surface area contributed by atoms with Crippen LogP contribution < -0.4 is 5.32 Å². The van der Waals surface area contributed by atoms with Gasteiger partial charge in [0.05, 0.1) is 11.0 Å². The van der Waals surface area contributed by atoms with Crippen molar-refractivity contribution in [2.75, 3.05) is 12.3 Å². The monoisotopic (exact) mass is 311 g/mol. The predicted octanol–water partition coefficient (Wildman–Crippen LogP) is 3.50. The Hall–Kier alpha value is -0.870. The molecule has 0 aliphatic rings. The van der Waals surface area contributed by atoms with Gasteiger partial charge in [-0.05, 0) is 38.3 Å². The molecule has 0 bridgehead atoms. The molecule has 3 nitrogen and oxygen atoms in total. The van der Waals surface area contributed by atoms with Crippen molar-refractivity contribution in [3.8, 4) is 0 Å². The van der Waals surface area contributed by atoms with Gasteiger partial charge in [0.2, 0.25) is 0 Å². The van der Waals surface area contributed by atoms with Gasteiger partial charge in [0, 0.05) is 6.04 Å². The molecule has 1 aromatic carbocycles. The highest BCUT2D eigenvalue weighted by Gasteiger charge is 2.28. The minimum atomic E-state index is -3.11. The Balaban J connectivity index is 2.99. The van der Waals surface area contributed by atoms with Crippen molar-refractivity contribution in [3.63, 3.8) is 0 Å². The van der Waals surface area contributed by atoms with E-state index in [1.165, 1.54) is 0 Å². The Kier molecular flexibility index (Phi) is 6.88. The molecule has 1 N–H and O–H groups in total. The SMILES string of the molecule is CCCNC(CS(=O)(=O)C(C)C(C)C)c1cccc(C)c1. The van der Waals surface area contributed by atoms with E-state index >= 15 is 0 Å². The first-order chi connectivity index (χ1) is 9.77. The highest BCUT2D eigenvalue weighted by Crippen LogP contribution is 2.21. The summed E-state index contributed by atoms with van der Waals surface area (Å²) < 4.78 is 25.1. The third-order valence-electron chi connectivity index (χ3n) is 3.99. The third kappa shape index (κ3) is 5.44. The fraction of sp³-hybridized carbons (Fsp3) is 0.647. The average molecular weight is 311 g/mol. The second kappa shape index (κ2) is 7.95. The molecule has 0 amide bonds. The zero-order valence-electron chi connectivity index (χ0n) is 13.9. The van der Waals surface area contributed by atoms with Crippen LogP contribution in [0.4, 0.5) is 0 Å². The van der Waals surface area contributed by atoms with Gasteiger partial charge in [-0.2, -0.15) is 0 Å². The maximum absolute atomic E-state index is 12.6. The topological polar surface area (TPSA) is 46.2 Å². The van der Waals surface area contributed by atoms with Gasteiger partial charge >= 0.3 is 0 Å². The van der Waals surface area contributed by atoms with Gasteiger partial charge in [0.25, 0.3) is 0 Å². The summed E-state index contributed by atoms with van der Waals surface area (Å²) in [5.74, 6) is 0.301. The maximum Gasteiger partial charge on any atom is 0.155 e. The van der Waals surface area contributed by atoms with E-state index in [-0.39, 0.29) is 23.0 Å². The van der Waals surface area contributed by atoms with Gasteiger partial charge in [-0.15, -0.1) is 0 Å². The molecule has 0 aliphatic carbocycles. The first-order valence-electron chi connectivity index (χ1n) is 7.79. The lowest BCUT2D eigenvalue weighted by atomic mass is 10.1. The molecule has 0 aliphatic heterocycles. The summed E-state index contributed by atoms with van der Waals surface area (Å²) in [5, 5.41) is 3.07. The van der Waals surface area contributed by atoms with Crippen LogP contribution in [0, 0.1) is 12.8 Å². The average Bonchev–Trinajstić information content (AvgIpc) is 2.42. The summed E-state index contributed by atoms with van der Waals surface area (Å²) in [6.07, 6.45) is 0.988. The smallest absolute Gasteiger partial charge is 0.155 e.